The van der Waals surface area contributed by atoms with Gasteiger partial charge in [0.1, 0.15) is 0 Å². The van der Waals surface area contributed by atoms with Crippen molar-refractivity contribution in [1.82, 2.24) is 0 Å². The van der Waals surface area contributed by atoms with E-state index in [0.717, 1.165) is 0 Å². The summed E-state index contributed by atoms with van der Waals surface area (Å²) in [6.45, 7) is 3.23. The Balaban J connectivity index is 0. The molecule has 1 aromatic rings. The summed E-state index contributed by atoms with van der Waals surface area (Å²) in [5.41, 5.74) is -1.05. The topological polar surface area (TPSA) is 74.6 Å². The quantitative estimate of drug-likeness (QED) is 0.543. The number of rotatable bonds is 5. The fraction of sp³-hybridized carbons (Fsp3) is 0.385. The molecule has 94 valence electrons. The number of carbonyl (C=O) groups is 2. The third-order valence-corrected chi connectivity index (χ3v) is 3.07. The van der Waals surface area contributed by atoms with Gasteiger partial charge in [-0.3, -0.25) is 9.59 Å². The minimum Gasteiger partial charge on any atom is -1.00 e. The molecule has 2 N–H and O–H groups in total. The van der Waals surface area contributed by atoms with E-state index >= 15 is 0 Å². The van der Waals surface area contributed by atoms with E-state index in [4.69, 9.17) is 0 Å². The molecule has 1 rings (SSSR count). The minimum atomic E-state index is -1.76. The summed E-state index contributed by atoms with van der Waals surface area (Å²) in [5.74, 6) is -3.06. The summed E-state index contributed by atoms with van der Waals surface area (Å²) in [7, 11) is 0. The summed E-state index contributed by atoms with van der Waals surface area (Å²) < 4.78 is 0. The largest absolute Gasteiger partial charge is 1.00 e. The van der Waals surface area contributed by atoms with Crippen LogP contribution < -0.4 is 51.4 Å². The molecule has 0 spiro atoms. The number of hydrogen-bond donors (Lipinski definition) is 2. The van der Waals surface area contributed by atoms with Gasteiger partial charge in [0.2, 0.25) is 0 Å². The maximum absolute atomic E-state index is 11.3. The second kappa shape index (κ2) is 7.40. The molecule has 0 aliphatic rings. The van der Waals surface area contributed by atoms with Crippen LogP contribution in [-0.2, 0) is 16.0 Å². The smallest absolute Gasteiger partial charge is 1.00 e. The van der Waals surface area contributed by atoms with E-state index in [1.807, 2.05) is 6.07 Å². The summed E-state index contributed by atoms with van der Waals surface area (Å²) in [6.07, 6.45) is -0.00380. The van der Waals surface area contributed by atoms with Gasteiger partial charge < -0.3 is 11.6 Å². The first-order valence-corrected chi connectivity index (χ1v) is 5.42. The van der Waals surface area contributed by atoms with Crippen LogP contribution in [0, 0.1) is 11.3 Å². The number of benzene rings is 1. The Morgan fingerprint density at radius 2 is 1.61 bits per heavy atom. The summed E-state index contributed by atoms with van der Waals surface area (Å²) in [5, 5.41) is 18.5. The van der Waals surface area contributed by atoms with Gasteiger partial charge in [-0.2, -0.15) is 0 Å². The van der Waals surface area contributed by atoms with Gasteiger partial charge in [0.25, 0.3) is 0 Å². The maximum Gasteiger partial charge on any atom is 1.00 e. The Hall–Kier alpha value is -0.204. The third kappa shape index (κ3) is 3.65. The second-order valence-corrected chi connectivity index (χ2v) is 4.40. The molecule has 1 aromatic carbocycles. The molecule has 0 amide bonds. The first kappa shape index (κ1) is 17.8. The molecule has 5 heteroatoms. The van der Waals surface area contributed by atoms with Gasteiger partial charge in [-0.15, -0.1) is 0 Å². The van der Waals surface area contributed by atoms with E-state index in [2.05, 4.69) is 0 Å². The fourth-order valence-electron chi connectivity index (χ4n) is 1.86. The van der Waals surface area contributed by atoms with Crippen molar-refractivity contribution >= 4 is 11.9 Å². The van der Waals surface area contributed by atoms with E-state index in [-0.39, 0.29) is 59.2 Å². The van der Waals surface area contributed by atoms with Gasteiger partial charge in [0.15, 0.2) is 5.41 Å². The second-order valence-electron chi connectivity index (χ2n) is 4.40. The molecule has 0 unspecified atom stereocenters. The predicted octanol–water partition coefficient (Wildman–Crippen LogP) is -0.843. The standard InChI is InChI=1S/C13H16O4.K.H/c1-9(2)13(11(14)15,12(16)17)8-10-6-4-3-5-7-10;;/h3-7,9H,8H2,1-2H3,(H,14,15)(H,16,17);;/q;+1;-1. The first-order valence-electron chi connectivity index (χ1n) is 5.42. The zero-order valence-corrected chi connectivity index (χ0v) is 14.0. The number of carboxylic acid groups (broad SMARTS) is 2. The van der Waals surface area contributed by atoms with E-state index in [0.29, 0.717) is 5.56 Å². The van der Waals surface area contributed by atoms with Crippen LogP contribution in [0.5, 0.6) is 0 Å². The van der Waals surface area contributed by atoms with Crippen LogP contribution in [0.25, 0.3) is 0 Å². The molecule has 0 heterocycles. The van der Waals surface area contributed by atoms with Crippen molar-refractivity contribution in [3.05, 3.63) is 35.9 Å². The monoisotopic (exact) mass is 276 g/mol. The Morgan fingerprint density at radius 3 is 1.94 bits per heavy atom. The molecule has 0 bridgehead atoms. The van der Waals surface area contributed by atoms with Crippen molar-refractivity contribution in [1.29, 1.82) is 0 Å². The molecule has 0 aromatic heterocycles. The van der Waals surface area contributed by atoms with Crippen LogP contribution in [0.2, 0.25) is 0 Å². The minimum absolute atomic E-state index is 0. The van der Waals surface area contributed by atoms with Crippen molar-refractivity contribution in [3.63, 3.8) is 0 Å². The van der Waals surface area contributed by atoms with Crippen molar-refractivity contribution < 1.29 is 72.6 Å². The summed E-state index contributed by atoms with van der Waals surface area (Å²) in [6, 6.07) is 8.82. The van der Waals surface area contributed by atoms with Crippen LogP contribution in [0.15, 0.2) is 30.3 Å². The van der Waals surface area contributed by atoms with Gasteiger partial charge in [-0.1, -0.05) is 44.2 Å². The van der Waals surface area contributed by atoms with Crippen molar-refractivity contribution in [3.8, 4) is 0 Å². The molecule has 0 aliphatic carbocycles. The van der Waals surface area contributed by atoms with Gasteiger partial charge in [0.05, 0.1) is 0 Å². The Bertz CT molecular complexity index is 406. The Morgan fingerprint density at radius 1 is 1.17 bits per heavy atom. The molecule has 0 aliphatic heterocycles. The SMILES string of the molecule is CC(C)C(Cc1ccccc1)(C(=O)O)C(=O)O.[H-].[K+]. The molecule has 0 saturated heterocycles. The Kier molecular flexibility index (Phi) is 7.32. The average Bonchev–Trinajstić information content (AvgIpc) is 2.25. The van der Waals surface area contributed by atoms with Crippen LogP contribution >= 0.6 is 0 Å². The molecule has 0 atom stereocenters. The van der Waals surface area contributed by atoms with Crippen LogP contribution in [0.3, 0.4) is 0 Å². The molecule has 0 fully saturated rings. The molecular formula is C13H17KO4. The zero-order chi connectivity index (χ0) is 13.1. The van der Waals surface area contributed by atoms with Gasteiger partial charge in [-0.05, 0) is 17.9 Å². The molecule has 18 heavy (non-hydrogen) atoms. The number of aliphatic carboxylic acids is 2. The van der Waals surface area contributed by atoms with Crippen molar-refractivity contribution in [2.75, 3.05) is 0 Å². The summed E-state index contributed by atoms with van der Waals surface area (Å²) >= 11 is 0. The first-order chi connectivity index (χ1) is 7.91. The van der Waals surface area contributed by atoms with E-state index < -0.39 is 23.3 Å². The predicted molar refractivity (Wildman–Crippen MR) is 63.8 cm³/mol. The normalized spacial score (nSPS) is 10.8. The fourth-order valence-corrected chi connectivity index (χ4v) is 1.86. The Labute approximate surface area is 150 Å². The van der Waals surface area contributed by atoms with Crippen LogP contribution in [0.4, 0.5) is 0 Å². The van der Waals surface area contributed by atoms with E-state index in [1.165, 1.54) is 0 Å². The average molecular weight is 276 g/mol. The molecular weight excluding hydrogens is 259 g/mol. The van der Waals surface area contributed by atoms with Crippen LogP contribution in [-0.4, -0.2) is 22.2 Å². The van der Waals surface area contributed by atoms with Crippen molar-refractivity contribution in [2.24, 2.45) is 11.3 Å². The molecule has 4 nitrogen and oxygen atoms in total. The van der Waals surface area contributed by atoms with Crippen LogP contribution in [0.1, 0.15) is 20.8 Å². The van der Waals surface area contributed by atoms with E-state index in [9.17, 15) is 19.8 Å². The van der Waals surface area contributed by atoms with Gasteiger partial charge in [-0.25, -0.2) is 0 Å². The summed E-state index contributed by atoms with van der Waals surface area (Å²) in [4.78, 5) is 22.7. The number of hydrogen-bond acceptors (Lipinski definition) is 2. The zero-order valence-electron chi connectivity index (χ0n) is 11.9. The third-order valence-electron chi connectivity index (χ3n) is 3.07. The molecule has 0 saturated carbocycles. The van der Waals surface area contributed by atoms with Gasteiger partial charge >= 0.3 is 63.3 Å². The maximum atomic E-state index is 11.3. The van der Waals surface area contributed by atoms with E-state index in [1.54, 1.807) is 38.1 Å². The van der Waals surface area contributed by atoms with Gasteiger partial charge in [0, 0.05) is 0 Å². The van der Waals surface area contributed by atoms with Crippen molar-refractivity contribution in [2.45, 2.75) is 20.3 Å². The molecule has 0 radical (unpaired) electrons. The number of carboxylic acids is 2.